The molecule has 122 valence electrons. The number of likely N-dealkylation sites (tertiary alicyclic amines) is 1. The summed E-state index contributed by atoms with van der Waals surface area (Å²) >= 11 is 1.25. The molecular formula is C14H22N4O3S. The van der Waals surface area contributed by atoms with Gasteiger partial charge >= 0.3 is 0 Å². The zero-order chi connectivity index (χ0) is 16.3. The maximum Gasteiger partial charge on any atom is 0.278 e. The molecule has 1 aromatic heterocycles. The molecule has 1 atom stereocenters. The van der Waals surface area contributed by atoms with E-state index >= 15 is 0 Å². The van der Waals surface area contributed by atoms with E-state index in [9.17, 15) is 9.90 Å². The van der Waals surface area contributed by atoms with Crippen LogP contribution in [0.25, 0.3) is 0 Å². The molecule has 3 N–H and O–H groups in total. The molecule has 1 aliphatic heterocycles. The lowest BCUT2D eigenvalue weighted by atomic mass is 9.87. The first kappa shape index (κ1) is 16.7. The summed E-state index contributed by atoms with van der Waals surface area (Å²) in [4.78, 5) is 23.4. The van der Waals surface area contributed by atoms with Crippen LogP contribution in [0.3, 0.4) is 0 Å². The van der Waals surface area contributed by atoms with Crippen LogP contribution in [0.5, 0.6) is 0 Å². The fraction of sp³-hybridized carbons (Fsp3) is 0.643. The lowest BCUT2D eigenvalue weighted by Crippen LogP contribution is -2.42. The number of aliphatic hydroxyl groups is 1. The minimum absolute atomic E-state index is 0.141. The first-order valence-corrected chi connectivity index (χ1v) is 8.00. The van der Waals surface area contributed by atoms with Crippen molar-refractivity contribution < 1.29 is 14.7 Å². The highest BCUT2D eigenvalue weighted by Crippen LogP contribution is 2.28. The van der Waals surface area contributed by atoms with Crippen LogP contribution in [0.4, 0.5) is 5.13 Å². The number of rotatable bonds is 3. The number of hydrogen-bond donors (Lipinski definition) is 2. The van der Waals surface area contributed by atoms with Gasteiger partial charge in [0.15, 0.2) is 10.8 Å². The molecule has 0 saturated carbocycles. The summed E-state index contributed by atoms with van der Waals surface area (Å²) in [6.45, 7) is 5.10. The predicted octanol–water partition coefficient (Wildman–Crippen LogP) is 1.09. The van der Waals surface area contributed by atoms with E-state index in [1.165, 1.54) is 18.4 Å². The van der Waals surface area contributed by atoms with Gasteiger partial charge in [0.25, 0.3) is 5.91 Å². The first-order valence-electron chi connectivity index (χ1n) is 7.12. The summed E-state index contributed by atoms with van der Waals surface area (Å²) in [5.41, 5.74) is 6.02. The highest BCUT2D eigenvalue weighted by molar-refractivity contribution is 7.13. The quantitative estimate of drug-likeness (QED) is 0.639. The summed E-state index contributed by atoms with van der Waals surface area (Å²) in [7, 11) is 1.39. The zero-order valence-electron chi connectivity index (χ0n) is 13.1. The third-order valence-corrected chi connectivity index (χ3v) is 4.25. The number of thiazole rings is 1. The number of amides is 1. The van der Waals surface area contributed by atoms with Crippen LogP contribution < -0.4 is 5.73 Å². The molecule has 1 saturated heterocycles. The highest BCUT2D eigenvalue weighted by atomic mass is 32.1. The molecule has 22 heavy (non-hydrogen) atoms. The number of aliphatic hydroxyl groups excluding tert-OH is 1. The summed E-state index contributed by atoms with van der Waals surface area (Å²) in [5.74, 6) is -0.255. The molecule has 7 nitrogen and oxygen atoms in total. The van der Waals surface area contributed by atoms with Crippen LogP contribution >= 0.6 is 11.3 Å². The van der Waals surface area contributed by atoms with Gasteiger partial charge in [-0.2, -0.15) is 0 Å². The van der Waals surface area contributed by atoms with E-state index in [2.05, 4.69) is 10.1 Å². The number of oxime groups is 1. The van der Waals surface area contributed by atoms with Gasteiger partial charge in [-0.1, -0.05) is 19.0 Å². The van der Waals surface area contributed by atoms with Crippen molar-refractivity contribution in [1.82, 2.24) is 9.88 Å². The Hall–Kier alpha value is -1.67. The number of anilines is 1. The molecule has 0 aliphatic carbocycles. The number of nitrogens with two attached hydrogens (primary N) is 1. The standard InChI is InChI=1S/C14H22N4O3S/c1-14(2)6-9(19)4-5-18(8-14)12(20)11(17-21-3)10-7-22-13(15)16-10/h7,9,19H,4-6,8H2,1-3H3,(H2,15,16)/b17-11+. The highest BCUT2D eigenvalue weighted by Gasteiger charge is 2.33. The second-order valence-corrected chi connectivity index (χ2v) is 7.12. The van der Waals surface area contributed by atoms with E-state index in [4.69, 9.17) is 10.6 Å². The normalized spacial score (nSPS) is 22.3. The molecule has 1 aliphatic rings. The number of nitrogen functional groups attached to an aromatic ring is 1. The molecule has 1 unspecified atom stereocenters. The Kier molecular flexibility index (Phi) is 5.02. The van der Waals surface area contributed by atoms with Gasteiger partial charge in [-0.05, 0) is 18.3 Å². The Bertz CT molecular complexity index is 570. The molecule has 1 amide bonds. The number of hydrogen-bond acceptors (Lipinski definition) is 7. The molecule has 0 aromatic carbocycles. The van der Waals surface area contributed by atoms with Gasteiger partial charge in [0.05, 0.1) is 6.10 Å². The second kappa shape index (κ2) is 6.62. The van der Waals surface area contributed by atoms with E-state index in [1.807, 2.05) is 13.8 Å². The number of nitrogens with zero attached hydrogens (tertiary/aromatic N) is 3. The van der Waals surface area contributed by atoms with Crippen molar-refractivity contribution in [3.63, 3.8) is 0 Å². The number of aromatic nitrogens is 1. The van der Waals surface area contributed by atoms with Gasteiger partial charge < -0.3 is 20.6 Å². The third-order valence-electron chi connectivity index (χ3n) is 3.58. The average Bonchev–Trinajstić information content (AvgIpc) is 2.79. The van der Waals surface area contributed by atoms with Gasteiger partial charge in [0.1, 0.15) is 12.8 Å². The summed E-state index contributed by atoms with van der Waals surface area (Å²) < 4.78 is 0. The van der Waals surface area contributed by atoms with E-state index in [1.54, 1.807) is 10.3 Å². The van der Waals surface area contributed by atoms with Gasteiger partial charge in [0.2, 0.25) is 0 Å². The van der Waals surface area contributed by atoms with Crippen LogP contribution in [-0.4, -0.2) is 52.9 Å². The molecule has 1 aromatic rings. The van der Waals surface area contributed by atoms with Crippen LogP contribution in [0, 0.1) is 5.41 Å². The van der Waals surface area contributed by atoms with Gasteiger partial charge in [-0.3, -0.25) is 4.79 Å². The minimum atomic E-state index is -0.398. The molecule has 0 spiro atoms. The van der Waals surface area contributed by atoms with E-state index in [0.29, 0.717) is 36.8 Å². The number of carbonyl (C=O) groups excluding carboxylic acids is 1. The van der Waals surface area contributed by atoms with Crippen LogP contribution in [0.15, 0.2) is 10.5 Å². The largest absolute Gasteiger partial charge is 0.398 e. The Morgan fingerprint density at radius 2 is 2.36 bits per heavy atom. The van der Waals surface area contributed by atoms with Crippen molar-refractivity contribution in [2.75, 3.05) is 25.9 Å². The summed E-state index contributed by atoms with van der Waals surface area (Å²) in [5, 5.41) is 15.9. The topological polar surface area (TPSA) is 101 Å². The van der Waals surface area contributed by atoms with Crippen molar-refractivity contribution in [2.45, 2.75) is 32.8 Å². The summed E-state index contributed by atoms with van der Waals surface area (Å²) in [6, 6.07) is 0. The maximum absolute atomic E-state index is 12.8. The van der Waals surface area contributed by atoms with Crippen LogP contribution in [0.2, 0.25) is 0 Å². The first-order chi connectivity index (χ1) is 10.3. The Labute approximate surface area is 133 Å². The van der Waals surface area contributed by atoms with Gasteiger partial charge in [-0.15, -0.1) is 11.3 Å². The minimum Gasteiger partial charge on any atom is -0.398 e. The fourth-order valence-electron chi connectivity index (χ4n) is 2.71. The van der Waals surface area contributed by atoms with Gasteiger partial charge in [0, 0.05) is 18.5 Å². The Morgan fingerprint density at radius 1 is 1.64 bits per heavy atom. The third kappa shape index (κ3) is 3.95. The molecule has 8 heteroatoms. The average molecular weight is 326 g/mol. The molecule has 1 fully saturated rings. The Morgan fingerprint density at radius 3 is 2.95 bits per heavy atom. The van der Waals surface area contributed by atoms with E-state index in [-0.39, 0.29) is 17.0 Å². The smallest absolute Gasteiger partial charge is 0.278 e. The fourth-order valence-corrected chi connectivity index (χ4v) is 3.26. The zero-order valence-corrected chi connectivity index (χ0v) is 13.9. The van der Waals surface area contributed by atoms with Crippen molar-refractivity contribution in [3.05, 3.63) is 11.1 Å². The van der Waals surface area contributed by atoms with E-state index < -0.39 is 6.10 Å². The van der Waals surface area contributed by atoms with Crippen molar-refractivity contribution in [1.29, 1.82) is 0 Å². The van der Waals surface area contributed by atoms with Gasteiger partial charge in [-0.25, -0.2) is 4.98 Å². The molecule has 0 radical (unpaired) electrons. The second-order valence-electron chi connectivity index (χ2n) is 6.23. The molecule has 2 heterocycles. The summed E-state index contributed by atoms with van der Waals surface area (Å²) in [6.07, 6.45) is 0.816. The van der Waals surface area contributed by atoms with Crippen LogP contribution in [-0.2, 0) is 9.63 Å². The predicted molar refractivity (Wildman–Crippen MR) is 85.7 cm³/mol. The van der Waals surface area contributed by atoms with Crippen molar-refractivity contribution in [2.24, 2.45) is 10.6 Å². The number of carbonyl (C=O) groups is 1. The molecule has 2 rings (SSSR count). The monoisotopic (exact) mass is 326 g/mol. The van der Waals surface area contributed by atoms with Crippen molar-refractivity contribution in [3.8, 4) is 0 Å². The molecule has 0 bridgehead atoms. The van der Waals surface area contributed by atoms with Crippen LogP contribution in [0.1, 0.15) is 32.4 Å². The lowest BCUT2D eigenvalue weighted by molar-refractivity contribution is -0.125. The van der Waals surface area contributed by atoms with Crippen molar-refractivity contribution >= 4 is 28.1 Å². The van der Waals surface area contributed by atoms with E-state index in [0.717, 1.165) is 0 Å². The SMILES string of the molecule is CO/N=C(/C(=O)N1CCC(O)CC(C)(C)C1)c1csc(N)n1. The Balaban J connectivity index is 2.25. The maximum atomic E-state index is 12.8. The lowest BCUT2D eigenvalue weighted by Gasteiger charge is -2.29. The molecular weight excluding hydrogens is 304 g/mol.